The summed E-state index contributed by atoms with van der Waals surface area (Å²) in [6.45, 7) is 9.45. The highest BCUT2D eigenvalue weighted by Gasteiger charge is 2.34. The van der Waals surface area contributed by atoms with Gasteiger partial charge < -0.3 is 5.73 Å². The van der Waals surface area contributed by atoms with Gasteiger partial charge in [0.25, 0.3) is 0 Å². The molecule has 0 aliphatic heterocycles. The zero-order valence-electron chi connectivity index (χ0n) is 12.1. The molecule has 0 spiro atoms. The van der Waals surface area contributed by atoms with Crippen molar-refractivity contribution in [2.75, 3.05) is 13.6 Å². The lowest BCUT2D eigenvalue weighted by Gasteiger charge is -2.45. The average molecular weight is 269 g/mol. The molecule has 3 heteroatoms. The maximum Gasteiger partial charge on any atom is 0.0453 e. The fourth-order valence-electron chi connectivity index (χ4n) is 2.25. The van der Waals surface area contributed by atoms with Crippen LogP contribution in [0.25, 0.3) is 0 Å². The highest BCUT2D eigenvalue weighted by atomic mass is 35.5. The smallest absolute Gasteiger partial charge is 0.0453 e. The fourth-order valence-corrected chi connectivity index (χ4v) is 2.55. The molecule has 2 N–H and O–H groups in total. The van der Waals surface area contributed by atoms with E-state index in [-0.39, 0.29) is 11.6 Å². The number of rotatable bonds is 5. The summed E-state index contributed by atoms with van der Waals surface area (Å²) in [4.78, 5) is 2.33. The second-order valence-corrected chi connectivity index (χ2v) is 5.93. The molecule has 0 heterocycles. The van der Waals surface area contributed by atoms with Gasteiger partial charge in [0.05, 0.1) is 0 Å². The van der Waals surface area contributed by atoms with E-state index in [2.05, 4.69) is 45.7 Å². The number of likely N-dealkylation sites (N-methyl/N-ethyl adjacent to an activating group) is 1. The molecule has 0 fully saturated rings. The minimum atomic E-state index is -0.0292. The third kappa shape index (κ3) is 2.87. The van der Waals surface area contributed by atoms with Crippen molar-refractivity contribution in [1.82, 2.24) is 4.90 Å². The van der Waals surface area contributed by atoms with Gasteiger partial charge in [-0.2, -0.15) is 0 Å². The molecule has 0 aromatic heterocycles. The highest BCUT2D eigenvalue weighted by Crippen LogP contribution is 2.33. The van der Waals surface area contributed by atoms with Crippen molar-refractivity contribution in [1.29, 1.82) is 0 Å². The number of hydrogen-bond acceptors (Lipinski definition) is 2. The Morgan fingerprint density at radius 1 is 1.28 bits per heavy atom. The van der Waals surface area contributed by atoms with Crippen LogP contribution in [0, 0.1) is 5.92 Å². The van der Waals surface area contributed by atoms with Gasteiger partial charge in [-0.15, -0.1) is 0 Å². The topological polar surface area (TPSA) is 29.3 Å². The lowest BCUT2D eigenvalue weighted by Crippen LogP contribution is -2.54. The third-order valence-electron chi connectivity index (χ3n) is 4.40. The molecule has 1 aromatic rings. The SMILES string of the molecule is CC(c1ccccc1Cl)N(C)C(C)(CN)C(C)C. The molecule has 0 saturated heterocycles. The number of benzene rings is 1. The van der Waals surface area contributed by atoms with Crippen molar-refractivity contribution in [2.45, 2.75) is 39.3 Å². The monoisotopic (exact) mass is 268 g/mol. The van der Waals surface area contributed by atoms with E-state index in [0.29, 0.717) is 12.5 Å². The molecule has 2 nitrogen and oxygen atoms in total. The van der Waals surface area contributed by atoms with Gasteiger partial charge in [0.1, 0.15) is 0 Å². The predicted molar refractivity (Wildman–Crippen MR) is 79.9 cm³/mol. The van der Waals surface area contributed by atoms with E-state index in [1.807, 2.05) is 18.2 Å². The Hall–Kier alpha value is -0.570. The number of halogens is 1. The van der Waals surface area contributed by atoms with E-state index in [1.54, 1.807) is 0 Å². The molecule has 1 rings (SSSR count). The maximum absolute atomic E-state index is 6.28. The maximum atomic E-state index is 6.28. The van der Waals surface area contributed by atoms with Crippen LogP contribution in [0.4, 0.5) is 0 Å². The molecule has 0 saturated carbocycles. The predicted octanol–water partition coefficient (Wildman–Crippen LogP) is 3.71. The molecule has 0 aliphatic carbocycles. The first kappa shape index (κ1) is 15.5. The van der Waals surface area contributed by atoms with E-state index in [9.17, 15) is 0 Å². The molecule has 0 bridgehead atoms. The molecule has 0 amide bonds. The lowest BCUT2D eigenvalue weighted by atomic mass is 9.85. The van der Waals surface area contributed by atoms with Gasteiger partial charge >= 0.3 is 0 Å². The number of hydrogen-bond donors (Lipinski definition) is 1. The lowest BCUT2D eigenvalue weighted by molar-refractivity contribution is 0.0589. The van der Waals surface area contributed by atoms with Gasteiger partial charge in [-0.25, -0.2) is 0 Å². The second-order valence-electron chi connectivity index (χ2n) is 5.52. The van der Waals surface area contributed by atoms with Crippen LogP contribution in [0.5, 0.6) is 0 Å². The van der Waals surface area contributed by atoms with Crippen molar-refractivity contribution in [2.24, 2.45) is 11.7 Å². The average Bonchev–Trinajstić information content (AvgIpc) is 2.36. The Morgan fingerprint density at radius 2 is 1.83 bits per heavy atom. The molecule has 1 aromatic carbocycles. The van der Waals surface area contributed by atoms with E-state index in [1.165, 1.54) is 0 Å². The summed E-state index contributed by atoms with van der Waals surface area (Å²) < 4.78 is 0. The molecular formula is C15H25ClN2. The van der Waals surface area contributed by atoms with Gasteiger partial charge in [-0.05, 0) is 38.4 Å². The Bertz CT molecular complexity index is 392. The van der Waals surface area contributed by atoms with E-state index < -0.39 is 0 Å². The summed E-state index contributed by atoms with van der Waals surface area (Å²) in [5.74, 6) is 0.484. The van der Waals surface area contributed by atoms with Crippen molar-refractivity contribution >= 4 is 11.6 Å². The van der Waals surface area contributed by atoms with E-state index in [0.717, 1.165) is 10.6 Å². The van der Waals surface area contributed by atoms with E-state index in [4.69, 9.17) is 17.3 Å². The van der Waals surface area contributed by atoms with Crippen molar-refractivity contribution in [3.05, 3.63) is 34.9 Å². The Morgan fingerprint density at radius 3 is 2.28 bits per heavy atom. The quantitative estimate of drug-likeness (QED) is 0.882. The van der Waals surface area contributed by atoms with Gasteiger partial charge in [-0.1, -0.05) is 43.6 Å². The molecule has 18 heavy (non-hydrogen) atoms. The van der Waals surface area contributed by atoms with Crippen molar-refractivity contribution < 1.29 is 0 Å². The first-order chi connectivity index (χ1) is 8.34. The fraction of sp³-hybridized carbons (Fsp3) is 0.600. The van der Waals surface area contributed by atoms with Crippen LogP contribution >= 0.6 is 11.6 Å². The van der Waals surface area contributed by atoms with Crippen LogP contribution in [0.15, 0.2) is 24.3 Å². The Kier molecular flexibility index (Phi) is 5.20. The van der Waals surface area contributed by atoms with Crippen LogP contribution < -0.4 is 5.73 Å². The zero-order chi connectivity index (χ0) is 13.9. The first-order valence-electron chi connectivity index (χ1n) is 6.52. The minimum absolute atomic E-state index is 0.0292. The van der Waals surface area contributed by atoms with Gasteiger partial charge in [-0.3, -0.25) is 4.90 Å². The molecule has 0 radical (unpaired) electrons. The normalized spacial score (nSPS) is 16.9. The van der Waals surface area contributed by atoms with Crippen LogP contribution in [0.1, 0.15) is 39.3 Å². The summed E-state index contributed by atoms with van der Waals surface area (Å²) in [7, 11) is 2.13. The summed E-state index contributed by atoms with van der Waals surface area (Å²) >= 11 is 6.28. The van der Waals surface area contributed by atoms with Crippen LogP contribution in [0.3, 0.4) is 0 Å². The van der Waals surface area contributed by atoms with Gasteiger partial charge in [0.2, 0.25) is 0 Å². The number of nitrogens with two attached hydrogens (primary N) is 1. The largest absolute Gasteiger partial charge is 0.329 e. The second kappa shape index (κ2) is 6.05. The summed E-state index contributed by atoms with van der Waals surface area (Å²) in [5.41, 5.74) is 7.11. The minimum Gasteiger partial charge on any atom is -0.329 e. The summed E-state index contributed by atoms with van der Waals surface area (Å²) in [6.07, 6.45) is 0. The highest BCUT2D eigenvalue weighted by molar-refractivity contribution is 6.31. The molecule has 102 valence electrons. The molecule has 2 unspecified atom stereocenters. The zero-order valence-corrected chi connectivity index (χ0v) is 12.8. The Balaban J connectivity index is 3.04. The summed E-state index contributed by atoms with van der Waals surface area (Å²) in [5, 5.41) is 0.819. The van der Waals surface area contributed by atoms with Gasteiger partial charge in [0, 0.05) is 23.1 Å². The molecule has 2 atom stereocenters. The third-order valence-corrected chi connectivity index (χ3v) is 4.74. The first-order valence-corrected chi connectivity index (χ1v) is 6.89. The number of nitrogens with zero attached hydrogens (tertiary/aromatic N) is 1. The van der Waals surface area contributed by atoms with Crippen LogP contribution in [-0.2, 0) is 0 Å². The molecule has 0 aliphatic rings. The van der Waals surface area contributed by atoms with E-state index >= 15 is 0 Å². The standard InChI is InChI=1S/C15H25ClN2/c1-11(2)15(4,10-17)18(5)12(3)13-8-6-7-9-14(13)16/h6-9,11-12H,10,17H2,1-5H3. The molecular weight excluding hydrogens is 244 g/mol. The van der Waals surface area contributed by atoms with Crippen LogP contribution in [-0.4, -0.2) is 24.0 Å². The van der Waals surface area contributed by atoms with Crippen molar-refractivity contribution in [3.63, 3.8) is 0 Å². The summed E-state index contributed by atoms with van der Waals surface area (Å²) in [6, 6.07) is 8.26. The van der Waals surface area contributed by atoms with Crippen molar-refractivity contribution in [3.8, 4) is 0 Å². The van der Waals surface area contributed by atoms with Crippen LogP contribution in [0.2, 0.25) is 5.02 Å². The Labute approximate surface area is 116 Å². The van der Waals surface area contributed by atoms with Gasteiger partial charge in [0.15, 0.2) is 0 Å².